The van der Waals surface area contributed by atoms with Crippen LogP contribution in [0.2, 0.25) is 0 Å². The van der Waals surface area contributed by atoms with Crippen LogP contribution in [0.5, 0.6) is 0 Å². The monoisotopic (exact) mass is 294 g/mol. The molecule has 0 bridgehead atoms. The van der Waals surface area contributed by atoms with Crippen molar-refractivity contribution in [2.45, 2.75) is 12.8 Å². The van der Waals surface area contributed by atoms with Gasteiger partial charge in [0.15, 0.2) is 0 Å². The zero-order valence-corrected chi connectivity index (χ0v) is 12.4. The van der Waals surface area contributed by atoms with Gasteiger partial charge < -0.3 is 4.98 Å². The van der Waals surface area contributed by atoms with E-state index in [0.29, 0.717) is 12.8 Å². The molecule has 1 amide bonds. The molecule has 1 heterocycles. The van der Waals surface area contributed by atoms with Crippen molar-refractivity contribution in [1.29, 1.82) is 0 Å². The van der Waals surface area contributed by atoms with E-state index in [4.69, 9.17) is 0 Å². The van der Waals surface area contributed by atoms with Crippen molar-refractivity contribution in [3.05, 3.63) is 60.4 Å². The van der Waals surface area contributed by atoms with Crippen molar-refractivity contribution in [2.75, 3.05) is 12.1 Å². The number of aromatic amines is 1. The molecule has 0 unspecified atom stereocenters. The topological polar surface area (TPSA) is 61.0 Å². The number of aryl methyl sites for hydroxylation is 1. The number of hydrogen-bond acceptors (Lipinski definition) is 3. The molecule has 3 aromatic rings. The number of carbonyl (C=O) groups is 1. The van der Waals surface area contributed by atoms with Gasteiger partial charge in [0.25, 0.3) is 0 Å². The summed E-state index contributed by atoms with van der Waals surface area (Å²) in [7, 11) is 1.83. The summed E-state index contributed by atoms with van der Waals surface area (Å²) in [6, 6.07) is 17.6. The lowest BCUT2D eigenvalue weighted by Crippen LogP contribution is -2.39. The molecule has 1 aromatic heterocycles. The van der Waals surface area contributed by atoms with Gasteiger partial charge in [-0.15, -0.1) is 0 Å². The number of fused-ring (bicyclic) bond motifs is 1. The maximum absolute atomic E-state index is 12.0. The Morgan fingerprint density at radius 2 is 1.86 bits per heavy atom. The molecule has 0 aliphatic rings. The van der Waals surface area contributed by atoms with E-state index in [1.54, 1.807) is 5.01 Å². The minimum Gasteiger partial charge on any atom is -0.342 e. The fourth-order valence-corrected chi connectivity index (χ4v) is 2.32. The second kappa shape index (κ2) is 6.30. The molecule has 5 heteroatoms. The number of hydrogen-bond donors (Lipinski definition) is 2. The normalized spacial score (nSPS) is 10.6. The van der Waals surface area contributed by atoms with E-state index >= 15 is 0 Å². The first-order valence-electron chi connectivity index (χ1n) is 7.24. The highest BCUT2D eigenvalue weighted by Crippen LogP contribution is 2.12. The number of nitrogens with one attached hydrogen (secondary N) is 2. The number of para-hydroxylation sites is 3. The molecule has 0 radical (unpaired) electrons. The number of imidazole rings is 1. The van der Waals surface area contributed by atoms with E-state index in [1.165, 1.54) is 0 Å². The number of nitrogens with zero attached hydrogens (tertiary/aromatic N) is 2. The summed E-state index contributed by atoms with van der Waals surface area (Å²) in [4.78, 5) is 19.7. The maximum atomic E-state index is 12.0. The Labute approximate surface area is 129 Å². The molecule has 2 aromatic carbocycles. The Morgan fingerprint density at radius 1 is 1.14 bits per heavy atom. The number of amides is 1. The van der Waals surface area contributed by atoms with Gasteiger partial charge in [0.2, 0.25) is 5.91 Å². The average molecular weight is 294 g/mol. The molecule has 5 nitrogen and oxygen atoms in total. The van der Waals surface area contributed by atoms with Gasteiger partial charge in [-0.3, -0.25) is 15.2 Å². The third-order valence-corrected chi connectivity index (χ3v) is 3.46. The van der Waals surface area contributed by atoms with Gasteiger partial charge >= 0.3 is 0 Å². The van der Waals surface area contributed by atoms with Crippen LogP contribution in [0.25, 0.3) is 11.0 Å². The summed E-state index contributed by atoms with van der Waals surface area (Å²) in [6.07, 6.45) is 0.972. The molecule has 2 N–H and O–H groups in total. The van der Waals surface area contributed by atoms with E-state index < -0.39 is 0 Å². The second-order valence-corrected chi connectivity index (χ2v) is 5.13. The first kappa shape index (κ1) is 14.1. The van der Waals surface area contributed by atoms with Crippen molar-refractivity contribution in [3.8, 4) is 0 Å². The summed E-state index contributed by atoms with van der Waals surface area (Å²) in [6.45, 7) is 0. The van der Waals surface area contributed by atoms with E-state index in [1.807, 2.05) is 61.6 Å². The van der Waals surface area contributed by atoms with Gasteiger partial charge in [-0.05, 0) is 24.3 Å². The number of rotatable bonds is 5. The van der Waals surface area contributed by atoms with E-state index in [2.05, 4.69) is 15.4 Å². The lowest BCUT2D eigenvalue weighted by atomic mass is 10.3. The Bertz CT molecular complexity index is 733. The van der Waals surface area contributed by atoms with Crippen LogP contribution < -0.4 is 10.4 Å². The molecule has 0 aliphatic heterocycles. The highest BCUT2D eigenvalue weighted by molar-refractivity contribution is 5.78. The molecule has 0 fully saturated rings. The lowest BCUT2D eigenvalue weighted by Gasteiger charge is -2.19. The number of carbonyl (C=O) groups excluding carboxylic acids is 1. The number of aromatic nitrogens is 2. The van der Waals surface area contributed by atoms with Gasteiger partial charge in [0.1, 0.15) is 5.82 Å². The van der Waals surface area contributed by atoms with Gasteiger partial charge in [-0.2, -0.15) is 0 Å². The fraction of sp³-hybridized carbons (Fsp3) is 0.176. The number of H-pyrrole nitrogens is 1. The quantitative estimate of drug-likeness (QED) is 0.711. The number of anilines is 1. The molecule has 0 saturated heterocycles. The van der Waals surface area contributed by atoms with Crippen molar-refractivity contribution >= 4 is 22.6 Å². The lowest BCUT2D eigenvalue weighted by molar-refractivity contribution is -0.121. The van der Waals surface area contributed by atoms with Gasteiger partial charge in [0, 0.05) is 19.9 Å². The molecule has 0 aliphatic carbocycles. The molecule has 3 rings (SSSR count). The van der Waals surface area contributed by atoms with E-state index in [-0.39, 0.29) is 5.91 Å². The van der Waals surface area contributed by atoms with Crippen LogP contribution in [0.3, 0.4) is 0 Å². The summed E-state index contributed by atoms with van der Waals surface area (Å²) in [5, 5.41) is 1.72. The standard InChI is InChI=1S/C17H18N4O/c1-21(13-7-3-2-4-8-13)20-17(22)12-11-16-18-14-9-5-6-10-15(14)19-16/h2-10H,11-12H2,1H3,(H,18,19)(H,20,22). The van der Waals surface area contributed by atoms with Crippen molar-refractivity contribution in [2.24, 2.45) is 0 Å². The highest BCUT2D eigenvalue weighted by atomic mass is 16.2. The van der Waals surface area contributed by atoms with Crippen LogP contribution in [-0.4, -0.2) is 22.9 Å². The van der Waals surface area contributed by atoms with Crippen molar-refractivity contribution in [3.63, 3.8) is 0 Å². The van der Waals surface area contributed by atoms with Crippen LogP contribution in [0, 0.1) is 0 Å². The molecule has 22 heavy (non-hydrogen) atoms. The minimum absolute atomic E-state index is 0.0354. The van der Waals surface area contributed by atoms with E-state index in [9.17, 15) is 4.79 Å². The summed E-state index contributed by atoms with van der Waals surface area (Å²) in [5.41, 5.74) is 5.73. The fourth-order valence-electron chi connectivity index (χ4n) is 2.32. The summed E-state index contributed by atoms with van der Waals surface area (Å²) in [5.74, 6) is 0.797. The van der Waals surface area contributed by atoms with Crippen LogP contribution in [0.1, 0.15) is 12.2 Å². The Morgan fingerprint density at radius 3 is 2.64 bits per heavy atom. The smallest absolute Gasteiger partial charge is 0.238 e. The van der Waals surface area contributed by atoms with Crippen LogP contribution >= 0.6 is 0 Å². The zero-order valence-electron chi connectivity index (χ0n) is 12.4. The predicted octanol–water partition coefficient (Wildman–Crippen LogP) is 2.66. The highest BCUT2D eigenvalue weighted by Gasteiger charge is 2.08. The Hall–Kier alpha value is -2.82. The van der Waals surface area contributed by atoms with E-state index in [0.717, 1.165) is 22.5 Å². The Kier molecular flexibility index (Phi) is 4.05. The average Bonchev–Trinajstić information content (AvgIpc) is 2.96. The zero-order chi connectivity index (χ0) is 15.4. The van der Waals surface area contributed by atoms with Gasteiger partial charge in [-0.25, -0.2) is 4.98 Å². The van der Waals surface area contributed by atoms with Crippen LogP contribution in [0.15, 0.2) is 54.6 Å². The molecule has 112 valence electrons. The first-order valence-corrected chi connectivity index (χ1v) is 7.24. The number of hydrazine groups is 1. The molecule has 0 atom stereocenters. The number of benzene rings is 2. The molecule has 0 saturated carbocycles. The van der Waals surface area contributed by atoms with Gasteiger partial charge in [0.05, 0.1) is 16.7 Å². The molecule has 0 spiro atoms. The van der Waals surface area contributed by atoms with Crippen LogP contribution in [-0.2, 0) is 11.2 Å². The van der Waals surface area contributed by atoms with Crippen molar-refractivity contribution in [1.82, 2.24) is 15.4 Å². The third-order valence-electron chi connectivity index (χ3n) is 3.46. The maximum Gasteiger partial charge on any atom is 0.238 e. The first-order chi connectivity index (χ1) is 10.7. The van der Waals surface area contributed by atoms with Crippen LogP contribution in [0.4, 0.5) is 5.69 Å². The largest absolute Gasteiger partial charge is 0.342 e. The molecular formula is C17H18N4O. The van der Waals surface area contributed by atoms with Gasteiger partial charge in [-0.1, -0.05) is 30.3 Å². The SMILES string of the molecule is CN(NC(=O)CCc1nc2ccccc2[nH]1)c1ccccc1. The predicted molar refractivity (Wildman–Crippen MR) is 87.4 cm³/mol. The summed E-state index contributed by atoms with van der Waals surface area (Å²) < 4.78 is 0. The summed E-state index contributed by atoms with van der Waals surface area (Å²) >= 11 is 0. The van der Waals surface area contributed by atoms with Crippen molar-refractivity contribution < 1.29 is 4.79 Å². The minimum atomic E-state index is -0.0354. The molecular weight excluding hydrogens is 276 g/mol. The second-order valence-electron chi connectivity index (χ2n) is 5.13. The Balaban J connectivity index is 1.56. The third kappa shape index (κ3) is 3.25.